The minimum atomic E-state index is -1.71. The van der Waals surface area contributed by atoms with Crippen LogP contribution in [0.5, 0.6) is 0 Å². The molecule has 10 heteroatoms. The molecule has 0 aliphatic heterocycles. The first-order chi connectivity index (χ1) is 9.27. The molecule has 0 radical (unpaired) electrons. The number of amides is 1. The number of carboxylic acids is 1. The van der Waals surface area contributed by atoms with Crippen molar-refractivity contribution < 1.29 is 33.5 Å². The van der Waals surface area contributed by atoms with Gasteiger partial charge in [-0.15, -0.1) is 0 Å². The summed E-state index contributed by atoms with van der Waals surface area (Å²) in [6.45, 7) is -0.960. The quantitative estimate of drug-likeness (QED) is 0.519. The molecule has 20 heavy (non-hydrogen) atoms. The molecular formula is C10H8F2N2O6. The van der Waals surface area contributed by atoms with Gasteiger partial charge in [-0.05, 0) is 6.07 Å². The zero-order chi connectivity index (χ0) is 15.4. The van der Waals surface area contributed by atoms with Gasteiger partial charge < -0.3 is 15.5 Å². The number of nitrogens with one attached hydrogen (secondary N) is 1. The molecule has 0 heterocycles. The number of hydrogen-bond acceptors (Lipinski definition) is 5. The van der Waals surface area contributed by atoms with Crippen LogP contribution >= 0.6 is 0 Å². The van der Waals surface area contributed by atoms with Crippen LogP contribution < -0.4 is 5.32 Å². The molecule has 1 atom stereocenters. The Labute approximate surface area is 109 Å². The Kier molecular flexibility index (Phi) is 4.64. The predicted molar refractivity (Wildman–Crippen MR) is 59.0 cm³/mol. The fourth-order valence-electron chi connectivity index (χ4n) is 1.27. The van der Waals surface area contributed by atoms with Crippen molar-refractivity contribution in [3.8, 4) is 0 Å². The summed E-state index contributed by atoms with van der Waals surface area (Å²) in [5.41, 5.74) is -2.07. The fourth-order valence-corrected chi connectivity index (χ4v) is 1.27. The smallest absolute Gasteiger partial charge is 0.328 e. The fraction of sp³-hybridized carbons (Fsp3) is 0.200. The van der Waals surface area contributed by atoms with E-state index < -0.39 is 52.3 Å². The number of hydrogen-bond donors (Lipinski definition) is 3. The van der Waals surface area contributed by atoms with Crippen LogP contribution in [0, 0.1) is 21.7 Å². The van der Waals surface area contributed by atoms with Gasteiger partial charge in [0.25, 0.3) is 5.91 Å². The molecule has 1 aromatic rings. The van der Waals surface area contributed by atoms with Crippen LogP contribution in [-0.2, 0) is 4.79 Å². The molecule has 1 rings (SSSR count). The molecule has 108 valence electrons. The molecule has 0 saturated heterocycles. The number of nitrogens with zero attached hydrogens (tertiary/aromatic N) is 1. The highest BCUT2D eigenvalue weighted by Gasteiger charge is 2.25. The van der Waals surface area contributed by atoms with Crippen molar-refractivity contribution in [2.75, 3.05) is 6.61 Å². The average molecular weight is 290 g/mol. The van der Waals surface area contributed by atoms with Crippen molar-refractivity contribution in [2.24, 2.45) is 0 Å². The summed E-state index contributed by atoms with van der Waals surface area (Å²) < 4.78 is 26.7. The summed E-state index contributed by atoms with van der Waals surface area (Å²) in [4.78, 5) is 31.3. The number of nitro groups is 1. The minimum absolute atomic E-state index is 0.207. The topological polar surface area (TPSA) is 130 Å². The number of aliphatic hydroxyl groups excluding tert-OH is 1. The summed E-state index contributed by atoms with van der Waals surface area (Å²) in [5.74, 6) is -5.74. The predicted octanol–water partition coefficient (Wildman–Crippen LogP) is 0.0483. The highest BCUT2D eigenvalue weighted by molar-refractivity contribution is 5.97. The van der Waals surface area contributed by atoms with E-state index in [9.17, 15) is 28.5 Å². The van der Waals surface area contributed by atoms with Crippen LogP contribution in [0.2, 0.25) is 0 Å². The molecule has 8 nitrogen and oxygen atoms in total. The third-order valence-electron chi connectivity index (χ3n) is 2.26. The Morgan fingerprint density at radius 1 is 1.35 bits per heavy atom. The number of halogens is 2. The van der Waals surface area contributed by atoms with Crippen LogP contribution in [0.15, 0.2) is 12.1 Å². The van der Waals surface area contributed by atoms with Crippen LogP contribution in [0.25, 0.3) is 0 Å². The summed E-state index contributed by atoms with van der Waals surface area (Å²) in [6, 6.07) is -1.22. The summed E-state index contributed by atoms with van der Waals surface area (Å²) in [6.07, 6.45) is 0. The maximum atomic E-state index is 13.5. The number of aliphatic hydroxyl groups is 1. The summed E-state index contributed by atoms with van der Waals surface area (Å²) >= 11 is 0. The zero-order valence-corrected chi connectivity index (χ0v) is 9.67. The minimum Gasteiger partial charge on any atom is -0.480 e. The number of benzene rings is 1. The Hall–Kier alpha value is -2.62. The number of aliphatic carboxylic acids is 1. The van der Waals surface area contributed by atoms with E-state index in [1.54, 1.807) is 5.32 Å². The van der Waals surface area contributed by atoms with E-state index in [2.05, 4.69) is 0 Å². The lowest BCUT2D eigenvalue weighted by molar-refractivity contribution is -0.387. The molecule has 0 bridgehead atoms. The van der Waals surface area contributed by atoms with Gasteiger partial charge in [0.2, 0.25) is 5.82 Å². The summed E-state index contributed by atoms with van der Waals surface area (Å²) in [7, 11) is 0. The molecule has 1 aromatic carbocycles. The van der Waals surface area contributed by atoms with Gasteiger partial charge in [0.05, 0.1) is 23.2 Å². The largest absolute Gasteiger partial charge is 0.480 e. The van der Waals surface area contributed by atoms with E-state index in [-0.39, 0.29) is 12.1 Å². The number of carbonyl (C=O) groups is 2. The van der Waals surface area contributed by atoms with E-state index in [1.807, 2.05) is 0 Å². The van der Waals surface area contributed by atoms with Crippen molar-refractivity contribution in [3.63, 3.8) is 0 Å². The molecular weight excluding hydrogens is 282 g/mol. The van der Waals surface area contributed by atoms with Gasteiger partial charge in [-0.2, -0.15) is 4.39 Å². The lowest BCUT2D eigenvalue weighted by Gasteiger charge is -2.12. The van der Waals surface area contributed by atoms with E-state index in [1.165, 1.54) is 0 Å². The molecule has 1 amide bonds. The first-order valence-electron chi connectivity index (χ1n) is 5.06. The summed E-state index contributed by atoms with van der Waals surface area (Å²) in [5, 5.41) is 29.3. The molecule has 0 aliphatic rings. The standard InChI is InChI=1S/C10H8F2N2O6/c11-5-2-8(14(19)20)6(12)1-4(5)9(16)13-7(3-15)10(17)18/h1-2,7,15H,3H2,(H,13,16)(H,17,18)/t7-/m0/s1. The van der Waals surface area contributed by atoms with E-state index in [0.29, 0.717) is 0 Å². The molecule has 0 unspecified atom stereocenters. The van der Waals surface area contributed by atoms with Gasteiger partial charge in [-0.1, -0.05) is 0 Å². The van der Waals surface area contributed by atoms with Gasteiger partial charge in [-0.3, -0.25) is 14.9 Å². The molecule has 0 aliphatic carbocycles. The number of rotatable bonds is 5. The second kappa shape index (κ2) is 6.02. The Balaban J connectivity index is 3.08. The molecule has 3 N–H and O–H groups in total. The maximum absolute atomic E-state index is 13.5. The van der Waals surface area contributed by atoms with Crippen molar-refractivity contribution in [3.05, 3.63) is 39.4 Å². The Bertz CT molecular complexity index is 577. The molecule has 0 fully saturated rings. The van der Waals surface area contributed by atoms with Gasteiger partial charge in [-0.25, -0.2) is 9.18 Å². The van der Waals surface area contributed by atoms with Gasteiger partial charge >= 0.3 is 11.7 Å². The van der Waals surface area contributed by atoms with E-state index in [0.717, 1.165) is 0 Å². The first kappa shape index (κ1) is 15.4. The molecule has 0 aromatic heterocycles. The van der Waals surface area contributed by atoms with Gasteiger partial charge in [0, 0.05) is 0 Å². The second-order valence-corrected chi connectivity index (χ2v) is 3.59. The SMILES string of the molecule is O=C(N[C@@H](CO)C(=O)O)c1cc(F)c([N+](=O)[O-])cc1F. The van der Waals surface area contributed by atoms with Crippen molar-refractivity contribution in [2.45, 2.75) is 6.04 Å². The van der Waals surface area contributed by atoms with Crippen molar-refractivity contribution in [1.82, 2.24) is 5.32 Å². The van der Waals surface area contributed by atoms with Crippen LogP contribution in [-0.4, -0.2) is 39.7 Å². The average Bonchev–Trinajstić information content (AvgIpc) is 2.37. The third kappa shape index (κ3) is 3.23. The van der Waals surface area contributed by atoms with Crippen LogP contribution in [0.3, 0.4) is 0 Å². The van der Waals surface area contributed by atoms with Crippen LogP contribution in [0.4, 0.5) is 14.5 Å². The number of nitro benzene ring substituents is 1. The van der Waals surface area contributed by atoms with Crippen LogP contribution in [0.1, 0.15) is 10.4 Å². The lowest BCUT2D eigenvalue weighted by atomic mass is 10.1. The monoisotopic (exact) mass is 290 g/mol. The van der Waals surface area contributed by atoms with E-state index in [4.69, 9.17) is 10.2 Å². The highest BCUT2D eigenvalue weighted by atomic mass is 19.1. The third-order valence-corrected chi connectivity index (χ3v) is 2.26. The van der Waals surface area contributed by atoms with E-state index >= 15 is 0 Å². The van der Waals surface area contributed by atoms with Crippen molar-refractivity contribution in [1.29, 1.82) is 0 Å². The van der Waals surface area contributed by atoms with Crippen molar-refractivity contribution >= 4 is 17.6 Å². The number of carboxylic acid groups (broad SMARTS) is 1. The van der Waals surface area contributed by atoms with Gasteiger partial charge in [0.15, 0.2) is 6.04 Å². The maximum Gasteiger partial charge on any atom is 0.328 e. The van der Waals surface area contributed by atoms with Gasteiger partial charge in [0.1, 0.15) is 5.82 Å². The lowest BCUT2D eigenvalue weighted by Crippen LogP contribution is -2.43. The zero-order valence-electron chi connectivity index (χ0n) is 9.67. The first-order valence-corrected chi connectivity index (χ1v) is 5.06. The second-order valence-electron chi connectivity index (χ2n) is 3.59. The normalized spacial score (nSPS) is 11.8. The highest BCUT2D eigenvalue weighted by Crippen LogP contribution is 2.21. The molecule has 0 saturated carbocycles. The Morgan fingerprint density at radius 3 is 2.40 bits per heavy atom. The number of carbonyl (C=O) groups excluding carboxylic acids is 1. The Morgan fingerprint density at radius 2 is 1.95 bits per heavy atom. The molecule has 0 spiro atoms.